The van der Waals surface area contributed by atoms with Crippen LogP contribution in [0.2, 0.25) is 0 Å². The van der Waals surface area contributed by atoms with Gasteiger partial charge in [0.2, 0.25) is 0 Å². The lowest BCUT2D eigenvalue weighted by Crippen LogP contribution is -2.39. The zero-order chi connectivity index (χ0) is 12.1. The van der Waals surface area contributed by atoms with Crippen LogP contribution in [0.15, 0.2) is 22.9 Å². The quantitative estimate of drug-likeness (QED) is 0.911. The van der Waals surface area contributed by atoms with Crippen LogP contribution in [0.1, 0.15) is 12.0 Å². The highest BCUT2D eigenvalue weighted by atomic mass is 79.9. The van der Waals surface area contributed by atoms with Crippen LogP contribution in [0.3, 0.4) is 0 Å². The number of nitrogens with zero attached hydrogens (tertiary/aromatic N) is 1. The zero-order valence-corrected chi connectivity index (χ0v) is 11.1. The first-order chi connectivity index (χ1) is 8.24. The van der Waals surface area contributed by atoms with Crippen LogP contribution in [0, 0.1) is 0 Å². The van der Waals surface area contributed by atoms with E-state index >= 15 is 0 Å². The van der Waals surface area contributed by atoms with Crippen LogP contribution in [-0.2, 0) is 16.0 Å². The van der Waals surface area contributed by atoms with E-state index in [0.717, 1.165) is 23.1 Å². The Morgan fingerprint density at radius 3 is 3.18 bits per heavy atom. The van der Waals surface area contributed by atoms with E-state index in [4.69, 9.17) is 4.74 Å². The summed E-state index contributed by atoms with van der Waals surface area (Å²) in [5.74, 6) is 0.193. The number of halogens is 1. The lowest BCUT2D eigenvalue weighted by molar-refractivity contribution is -0.121. The van der Waals surface area contributed by atoms with Crippen LogP contribution in [0.4, 0.5) is 0 Å². The smallest absolute Gasteiger partial charge is 0.139 e. The summed E-state index contributed by atoms with van der Waals surface area (Å²) in [6.07, 6.45) is 4.35. The monoisotopic (exact) mass is 298 g/mol. The maximum atomic E-state index is 11.8. The number of Topliss-reactive ketones (excluding diaryl/α,β-unsaturated/α-hetero) is 1. The van der Waals surface area contributed by atoms with Crippen molar-refractivity contribution >= 4 is 21.7 Å². The standard InChI is InChI=1S/C12H15BrN2O2/c13-10-3-9(6-15-7-10)4-11(16)5-12-8-14-1-2-17-12/h3,6-7,12,14H,1-2,4-5,8H2. The first-order valence-corrected chi connectivity index (χ1v) is 6.47. The first-order valence-electron chi connectivity index (χ1n) is 5.67. The van der Waals surface area contributed by atoms with Crippen LogP contribution in [0.25, 0.3) is 0 Å². The summed E-state index contributed by atoms with van der Waals surface area (Å²) in [6, 6.07) is 1.92. The van der Waals surface area contributed by atoms with Gasteiger partial charge >= 0.3 is 0 Å². The molecule has 0 aromatic carbocycles. The van der Waals surface area contributed by atoms with Gasteiger partial charge in [-0.3, -0.25) is 9.78 Å². The Hall–Kier alpha value is -0.780. The minimum Gasteiger partial charge on any atom is -0.375 e. The lowest BCUT2D eigenvalue weighted by Gasteiger charge is -2.22. The van der Waals surface area contributed by atoms with Gasteiger partial charge < -0.3 is 10.1 Å². The molecule has 1 aromatic heterocycles. The third-order valence-electron chi connectivity index (χ3n) is 2.62. The molecular weight excluding hydrogens is 284 g/mol. The van der Waals surface area contributed by atoms with Crippen LogP contribution >= 0.6 is 15.9 Å². The van der Waals surface area contributed by atoms with E-state index in [2.05, 4.69) is 26.2 Å². The van der Waals surface area contributed by atoms with Crippen molar-refractivity contribution in [3.63, 3.8) is 0 Å². The molecule has 5 heteroatoms. The van der Waals surface area contributed by atoms with E-state index < -0.39 is 0 Å². The summed E-state index contributed by atoms with van der Waals surface area (Å²) in [6.45, 7) is 2.33. The maximum absolute atomic E-state index is 11.8. The lowest BCUT2D eigenvalue weighted by atomic mass is 10.1. The predicted octanol–water partition coefficient (Wildman–Crippen LogP) is 1.33. The fourth-order valence-electron chi connectivity index (χ4n) is 1.86. The number of hydrogen-bond donors (Lipinski definition) is 1. The van der Waals surface area contributed by atoms with Crippen molar-refractivity contribution in [3.05, 3.63) is 28.5 Å². The fraction of sp³-hybridized carbons (Fsp3) is 0.500. The first kappa shape index (κ1) is 12.7. The van der Waals surface area contributed by atoms with Crippen molar-refractivity contribution in [2.24, 2.45) is 0 Å². The minimum absolute atomic E-state index is 0.0244. The molecule has 2 rings (SSSR count). The Labute approximate surface area is 109 Å². The van der Waals surface area contributed by atoms with E-state index in [9.17, 15) is 4.79 Å². The normalized spacial score (nSPS) is 20.2. The number of hydrogen-bond acceptors (Lipinski definition) is 4. The Balaban J connectivity index is 1.84. The van der Waals surface area contributed by atoms with Gasteiger partial charge in [-0.25, -0.2) is 0 Å². The van der Waals surface area contributed by atoms with Gasteiger partial charge in [0, 0.05) is 42.8 Å². The second-order valence-corrected chi connectivity index (χ2v) is 5.04. The largest absolute Gasteiger partial charge is 0.375 e. The molecule has 17 heavy (non-hydrogen) atoms. The van der Waals surface area contributed by atoms with Gasteiger partial charge in [-0.1, -0.05) is 0 Å². The van der Waals surface area contributed by atoms with Gasteiger partial charge in [0.15, 0.2) is 0 Å². The summed E-state index contributed by atoms with van der Waals surface area (Å²) in [5.41, 5.74) is 0.938. The van der Waals surface area contributed by atoms with Gasteiger partial charge in [-0.05, 0) is 27.6 Å². The molecule has 0 bridgehead atoms. The van der Waals surface area contributed by atoms with E-state index in [-0.39, 0.29) is 11.9 Å². The van der Waals surface area contributed by atoms with Crippen molar-refractivity contribution in [2.75, 3.05) is 19.7 Å². The van der Waals surface area contributed by atoms with Gasteiger partial charge in [-0.15, -0.1) is 0 Å². The molecule has 4 nitrogen and oxygen atoms in total. The summed E-state index contributed by atoms with van der Waals surface area (Å²) in [4.78, 5) is 15.9. The molecule has 1 unspecified atom stereocenters. The van der Waals surface area contributed by atoms with Crippen molar-refractivity contribution in [1.29, 1.82) is 0 Å². The third kappa shape index (κ3) is 4.18. The Morgan fingerprint density at radius 2 is 2.47 bits per heavy atom. The van der Waals surface area contributed by atoms with E-state index in [0.29, 0.717) is 19.4 Å². The zero-order valence-electron chi connectivity index (χ0n) is 9.49. The number of ketones is 1. The summed E-state index contributed by atoms with van der Waals surface area (Å²) in [5, 5.41) is 3.22. The van der Waals surface area contributed by atoms with E-state index in [1.165, 1.54) is 0 Å². The highest BCUT2D eigenvalue weighted by Gasteiger charge is 2.17. The topological polar surface area (TPSA) is 51.2 Å². The molecule has 0 spiro atoms. The molecule has 0 saturated carbocycles. The number of pyridine rings is 1. The van der Waals surface area contributed by atoms with Gasteiger partial charge in [0.25, 0.3) is 0 Å². The number of morpholine rings is 1. The van der Waals surface area contributed by atoms with Crippen molar-refractivity contribution in [1.82, 2.24) is 10.3 Å². The van der Waals surface area contributed by atoms with Crippen molar-refractivity contribution in [2.45, 2.75) is 18.9 Å². The highest BCUT2D eigenvalue weighted by molar-refractivity contribution is 9.10. The number of carbonyl (C=O) groups excluding carboxylic acids is 1. The molecule has 0 aliphatic carbocycles. The third-order valence-corrected chi connectivity index (χ3v) is 3.06. The second kappa shape index (κ2) is 6.23. The van der Waals surface area contributed by atoms with Gasteiger partial charge in [0.1, 0.15) is 5.78 Å². The molecule has 1 fully saturated rings. The van der Waals surface area contributed by atoms with E-state index in [1.54, 1.807) is 12.4 Å². The van der Waals surface area contributed by atoms with Gasteiger partial charge in [-0.2, -0.15) is 0 Å². The molecular formula is C12H15BrN2O2. The van der Waals surface area contributed by atoms with Crippen LogP contribution in [-0.4, -0.2) is 36.6 Å². The molecule has 1 aliphatic heterocycles. The molecule has 92 valence electrons. The van der Waals surface area contributed by atoms with Crippen LogP contribution < -0.4 is 5.32 Å². The fourth-order valence-corrected chi connectivity index (χ4v) is 2.27. The average Bonchev–Trinajstić information content (AvgIpc) is 2.30. The van der Waals surface area contributed by atoms with Crippen molar-refractivity contribution in [3.8, 4) is 0 Å². The maximum Gasteiger partial charge on any atom is 0.139 e. The molecule has 1 atom stereocenters. The summed E-state index contributed by atoms with van der Waals surface area (Å²) >= 11 is 3.34. The average molecular weight is 299 g/mol. The molecule has 0 amide bonds. The van der Waals surface area contributed by atoms with Crippen molar-refractivity contribution < 1.29 is 9.53 Å². The molecule has 0 radical (unpaired) electrons. The van der Waals surface area contributed by atoms with Crippen LogP contribution in [0.5, 0.6) is 0 Å². The summed E-state index contributed by atoms with van der Waals surface area (Å²) in [7, 11) is 0. The Morgan fingerprint density at radius 1 is 1.59 bits per heavy atom. The predicted molar refractivity (Wildman–Crippen MR) is 67.9 cm³/mol. The molecule has 2 heterocycles. The number of nitrogens with one attached hydrogen (secondary N) is 1. The molecule has 1 saturated heterocycles. The number of ether oxygens (including phenoxy) is 1. The molecule has 1 aromatic rings. The second-order valence-electron chi connectivity index (χ2n) is 4.13. The molecule has 1 aliphatic rings. The Bertz CT molecular complexity index is 392. The number of carbonyl (C=O) groups is 1. The number of rotatable bonds is 4. The SMILES string of the molecule is O=C(Cc1cncc(Br)c1)CC1CNCCO1. The number of aromatic nitrogens is 1. The highest BCUT2D eigenvalue weighted by Crippen LogP contribution is 2.12. The summed E-state index contributed by atoms with van der Waals surface area (Å²) < 4.78 is 6.40. The Kier molecular flexibility index (Phi) is 4.65. The van der Waals surface area contributed by atoms with E-state index in [1.807, 2.05) is 6.07 Å². The minimum atomic E-state index is 0.0244. The molecule has 1 N–H and O–H groups in total. The van der Waals surface area contributed by atoms with Gasteiger partial charge in [0.05, 0.1) is 12.7 Å².